The number of amides is 2. The Morgan fingerprint density at radius 3 is 2.62 bits per heavy atom. The number of likely N-dealkylation sites (N-methyl/N-ethyl adjacent to an activating group) is 1. The summed E-state index contributed by atoms with van der Waals surface area (Å²) in [7, 11) is -3.53. The van der Waals surface area contributed by atoms with Gasteiger partial charge in [0.25, 0.3) is 0 Å². The van der Waals surface area contributed by atoms with Crippen molar-refractivity contribution >= 4 is 26.6 Å². The van der Waals surface area contributed by atoms with E-state index in [4.69, 9.17) is 0 Å². The van der Waals surface area contributed by atoms with Gasteiger partial charge >= 0.3 is 6.03 Å². The number of rotatable bonds is 7. The number of fused-ring (bicyclic) bond motifs is 1. The smallest absolute Gasteiger partial charge is 0.317 e. The number of piperidine rings is 1. The Hall–Kier alpha value is -2.12. The molecule has 158 valence electrons. The molecule has 1 N–H and O–H groups in total. The molecule has 0 bridgehead atoms. The number of carbonyl (C=O) groups excluding carboxylic acids is 1. The molecule has 2 aromatic carbocycles. The summed E-state index contributed by atoms with van der Waals surface area (Å²) in [5.41, 5.74) is 0. The maximum Gasteiger partial charge on any atom is 0.317 e. The first kappa shape index (κ1) is 21.6. The van der Waals surface area contributed by atoms with E-state index in [1.54, 1.807) is 17.0 Å². The molecule has 0 spiro atoms. The number of benzene rings is 2. The van der Waals surface area contributed by atoms with Gasteiger partial charge in [0.2, 0.25) is 0 Å². The molecule has 0 radical (unpaired) electrons. The first-order valence-corrected chi connectivity index (χ1v) is 12.0. The second-order valence-electron chi connectivity index (χ2n) is 7.49. The highest BCUT2D eigenvalue weighted by Gasteiger charge is 2.34. The molecule has 6 nitrogen and oxygen atoms in total. The molecular weight excluding hydrogens is 386 g/mol. The summed E-state index contributed by atoms with van der Waals surface area (Å²) in [5.74, 6) is 0. The Kier molecular flexibility index (Phi) is 7.14. The van der Waals surface area contributed by atoms with Gasteiger partial charge in [-0.1, -0.05) is 50.2 Å². The lowest BCUT2D eigenvalue weighted by atomic mass is 10.1. The number of hydrogen-bond donors (Lipinski definition) is 1. The zero-order chi connectivity index (χ0) is 20.9. The van der Waals surface area contributed by atoms with Crippen LogP contribution in [0.2, 0.25) is 0 Å². The summed E-state index contributed by atoms with van der Waals surface area (Å²) in [5, 5.41) is 4.03. The van der Waals surface area contributed by atoms with E-state index in [1.807, 2.05) is 30.3 Å². The van der Waals surface area contributed by atoms with Crippen LogP contribution in [0.5, 0.6) is 0 Å². The Morgan fingerprint density at radius 1 is 1.14 bits per heavy atom. The molecule has 3 rings (SSSR count). The van der Waals surface area contributed by atoms with E-state index in [-0.39, 0.29) is 12.6 Å². The van der Waals surface area contributed by atoms with Crippen molar-refractivity contribution in [1.82, 2.24) is 15.1 Å². The van der Waals surface area contributed by atoms with E-state index in [0.29, 0.717) is 30.8 Å². The number of urea groups is 1. The molecule has 2 amide bonds. The molecule has 1 fully saturated rings. The summed E-state index contributed by atoms with van der Waals surface area (Å²) >= 11 is 0. The van der Waals surface area contributed by atoms with Crippen molar-refractivity contribution < 1.29 is 13.2 Å². The van der Waals surface area contributed by atoms with Crippen molar-refractivity contribution in [1.29, 1.82) is 0 Å². The van der Waals surface area contributed by atoms with Crippen molar-refractivity contribution in [3.05, 3.63) is 42.5 Å². The molecule has 1 atom stereocenters. The van der Waals surface area contributed by atoms with Gasteiger partial charge in [0, 0.05) is 31.6 Å². The van der Waals surface area contributed by atoms with Crippen molar-refractivity contribution in [3.63, 3.8) is 0 Å². The minimum Gasteiger partial charge on any atom is -0.337 e. The Bertz CT molecular complexity index is 936. The lowest BCUT2D eigenvalue weighted by Crippen LogP contribution is -2.50. The number of carbonyl (C=O) groups is 1. The van der Waals surface area contributed by atoms with Crippen LogP contribution in [-0.4, -0.2) is 68.8 Å². The van der Waals surface area contributed by atoms with Crippen molar-refractivity contribution in [2.75, 3.05) is 39.3 Å². The second kappa shape index (κ2) is 9.59. The first-order chi connectivity index (χ1) is 14.0. The van der Waals surface area contributed by atoms with Crippen LogP contribution in [0.25, 0.3) is 10.8 Å². The highest BCUT2D eigenvalue weighted by Crippen LogP contribution is 2.29. The van der Waals surface area contributed by atoms with Crippen LogP contribution in [0, 0.1) is 0 Å². The van der Waals surface area contributed by atoms with Gasteiger partial charge in [-0.25, -0.2) is 13.2 Å². The number of nitrogens with one attached hydrogen (secondary N) is 1. The topological polar surface area (TPSA) is 69.7 Å². The molecule has 1 aliphatic rings. The maximum atomic E-state index is 13.4. The minimum absolute atomic E-state index is 0.171. The third-order valence-corrected chi connectivity index (χ3v) is 7.99. The average Bonchev–Trinajstić information content (AvgIpc) is 2.76. The number of likely N-dealkylation sites (tertiary alicyclic amines) is 1. The van der Waals surface area contributed by atoms with E-state index < -0.39 is 15.1 Å². The molecule has 1 heterocycles. The quantitative estimate of drug-likeness (QED) is 0.751. The van der Waals surface area contributed by atoms with Gasteiger partial charge in [0.1, 0.15) is 0 Å². The third-order valence-electron chi connectivity index (χ3n) is 5.76. The fraction of sp³-hybridized carbons (Fsp3) is 0.500. The molecule has 1 saturated heterocycles. The van der Waals surface area contributed by atoms with E-state index in [2.05, 4.69) is 24.1 Å². The van der Waals surface area contributed by atoms with Crippen LogP contribution in [0.15, 0.2) is 47.4 Å². The molecule has 29 heavy (non-hydrogen) atoms. The number of sulfone groups is 1. The number of hydrogen-bond acceptors (Lipinski definition) is 4. The van der Waals surface area contributed by atoms with Crippen LogP contribution in [0.3, 0.4) is 0 Å². The van der Waals surface area contributed by atoms with Crippen molar-refractivity contribution in [2.45, 2.75) is 36.8 Å². The van der Waals surface area contributed by atoms with E-state index >= 15 is 0 Å². The number of nitrogens with zero attached hydrogens (tertiary/aromatic N) is 2. The molecule has 1 unspecified atom stereocenters. The SMILES string of the molecule is CCN(CC)CCNC(=O)N1CCCC(S(=O)(=O)c2cccc3ccccc23)C1. The van der Waals surface area contributed by atoms with Crippen LogP contribution >= 0.6 is 0 Å². The van der Waals surface area contributed by atoms with Crippen molar-refractivity contribution in [2.24, 2.45) is 0 Å². The average molecular weight is 418 g/mol. The fourth-order valence-electron chi connectivity index (χ4n) is 3.97. The standard InChI is InChI=1S/C22H31N3O3S/c1-3-24(4-2)16-14-23-22(26)25-15-8-11-19(17-25)29(27,28)21-13-7-10-18-9-5-6-12-20(18)21/h5-7,9-10,12-13,19H,3-4,8,11,14-17H2,1-2H3,(H,23,26). The molecule has 0 saturated carbocycles. The van der Waals surface area contributed by atoms with Gasteiger partial charge in [-0.15, -0.1) is 0 Å². The molecule has 0 aromatic heterocycles. The van der Waals surface area contributed by atoms with Gasteiger partial charge in [0.05, 0.1) is 10.1 Å². The predicted molar refractivity (Wildman–Crippen MR) is 117 cm³/mol. The molecular formula is C22H31N3O3S. The fourth-order valence-corrected chi connectivity index (χ4v) is 5.94. The zero-order valence-electron chi connectivity index (χ0n) is 17.3. The summed E-state index contributed by atoms with van der Waals surface area (Å²) in [4.78, 5) is 16.8. The van der Waals surface area contributed by atoms with E-state index in [0.717, 1.165) is 30.4 Å². The highest BCUT2D eigenvalue weighted by atomic mass is 32.2. The highest BCUT2D eigenvalue weighted by molar-refractivity contribution is 7.92. The molecule has 1 aliphatic heterocycles. The van der Waals surface area contributed by atoms with Crippen LogP contribution < -0.4 is 5.32 Å². The monoisotopic (exact) mass is 417 g/mol. The van der Waals surface area contributed by atoms with Crippen LogP contribution in [0.4, 0.5) is 4.79 Å². The van der Waals surface area contributed by atoms with Gasteiger partial charge in [-0.2, -0.15) is 0 Å². The van der Waals surface area contributed by atoms with E-state index in [9.17, 15) is 13.2 Å². The third kappa shape index (κ3) is 4.90. The summed E-state index contributed by atoms with van der Waals surface area (Å²) in [6, 6.07) is 12.8. The zero-order valence-corrected chi connectivity index (χ0v) is 18.1. The second-order valence-corrected chi connectivity index (χ2v) is 9.69. The van der Waals surface area contributed by atoms with Gasteiger partial charge in [-0.3, -0.25) is 0 Å². The van der Waals surface area contributed by atoms with Crippen molar-refractivity contribution in [3.8, 4) is 0 Å². The van der Waals surface area contributed by atoms with Gasteiger partial charge in [-0.05, 0) is 37.4 Å². The summed E-state index contributed by atoms with van der Waals surface area (Å²) < 4.78 is 26.8. The summed E-state index contributed by atoms with van der Waals surface area (Å²) in [6.45, 7) is 8.28. The van der Waals surface area contributed by atoms with E-state index in [1.165, 1.54) is 0 Å². The molecule has 7 heteroatoms. The van der Waals surface area contributed by atoms with Crippen LogP contribution in [-0.2, 0) is 9.84 Å². The Morgan fingerprint density at radius 2 is 1.86 bits per heavy atom. The van der Waals surface area contributed by atoms with Crippen LogP contribution in [0.1, 0.15) is 26.7 Å². The Labute approximate surface area is 173 Å². The molecule has 2 aromatic rings. The normalized spacial score (nSPS) is 17.6. The predicted octanol–water partition coefficient (Wildman–Crippen LogP) is 3.13. The first-order valence-electron chi connectivity index (χ1n) is 10.4. The lowest BCUT2D eigenvalue weighted by molar-refractivity contribution is 0.185. The largest absolute Gasteiger partial charge is 0.337 e. The summed E-state index contributed by atoms with van der Waals surface area (Å²) in [6.07, 6.45) is 1.27. The lowest BCUT2D eigenvalue weighted by Gasteiger charge is -2.33. The van der Waals surface area contributed by atoms with Gasteiger partial charge < -0.3 is 15.1 Å². The maximum absolute atomic E-state index is 13.4. The van der Waals surface area contributed by atoms with Gasteiger partial charge in [0.15, 0.2) is 9.84 Å². The molecule has 0 aliphatic carbocycles. The Balaban J connectivity index is 1.70. The minimum atomic E-state index is -3.53.